The van der Waals surface area contributed by atoms with Gasteiger partial charge in [0.05, 0.1) is 18.2 Å². The monoisotopic (exact) mass is 255 g/mol. The maximum Gasteiger partial charge on any atom is 0.293 e. The van der Waals surface area contributed by atoms with E-state index < -0.39 is 0 Å². The van der Waals surface area contributed by atoms with E-state index in [1.807, 2.05) is 0 Å². The van der Waals surface area contributed by atoms with Crippen molar-refractivity contribution in [2.24, 2.45) is 0 Å². The van der Waals surface area contributed by atoms with Gasteiger partial charge in [0.2, 0.25) is 5.76 Å². The molecule has 0 saturated carbocycles. The second kappa shape index (κ2) is 5.36. The fraction of sp³-hybridized carbons (Fsp3) is 0.214. The smallest absolute Gasteiger partial charge is 0.293 e. The molecule has 1 N–H and O–H groups in total. The van der Waals surface area contributed by atoms with Crippen LogP contribution in [0.15, 0.2) is 28.7 Å². The highest BCUT2D eigenvalue weighted by molar-refractivity contribution is 6.02. The van der Waals surface area contributed by atoms with E-state index in [-0.39, 0.29) is 11.7 Å². The third-order valence-corrected chi connectivity index (χ3v) is 2.60. The summed E-state index contributed by atoms with van der Waals surface area (Å²) in [5.41, 5.74) is 2.13. The lowest BCUT2D eigenvalue weighted by Crippen LogP contribution is -2.12. The number of hydrogen-bond donors (Lipinski definition) is 1. The van der Waals surface area contributed by atoms with Gasteiger partial charge in [-0.15, -0.1) is 0 Å². The number of aromatic nitrogens is 1. The summed E-state index contributed by atoms with van der Waals surface area (Å²) in [5, 5.41) is 11.3. The molecule has 1 heterocycles. The number of amides is 1. The third-order valence-electron chi connectivity index (χ3n) is 2.60. The Labute approximate surface area is 110 Å². The molecule has 5 nitrogen and oxygen atoms in total. The van der Waals surface area contributed by atoms with Gasteiger partial charge in [-0.1, -0.05) is 12.1 Å². The van der Waals surface area contributed by atoms with E-state index >= 15 is 0 Å². The highest BCUT2D eigenvalue weighted by Gasteiger charge is 2.15. The Morgan fingerprint density at radius 2 is 2.05 bits per heavy atom. The lowest BCUT2D eigenvalue weighted by atomic mass is 10.1. The van der Waals surface area contributed by atoms with E-state index in [2.05, 4.69) is 16.4 Å². The van der Waals surface area contributed by atoms with Crippen LogP contribution in [-0.4, -0.2) is 10.9 Å². The van der Waals surface area contributed by atoms with Gasteiger partial charge in [0.25, 0.3) is 5.91 Å². The fourth-order valence-corrected chi connectivity index (χ4v) is 1.73. The third kappa shape index (κ3) is 2.99. The average Bonchev–Trinajstić information content (AvgIpc) is 2.71. The van der Waals surface area contributed by atoms with Crippen molar-refractivity contribution in [3.8, 4) is 6.07 Å². The zero-order valence-electron chi connectivity index (χ0n) is 10.7. The Morgan fingerprint density at radius 3 is 2.58 bits per heavy atom. The van der Waals surface area contributed by atoms with Crippen LogP contribution in [0.5, 0.6) is 0 Å². The number of benzene rings is 1. The van der Waals surface area contributed by atoms with Crippen LogP contribution in [0.3, 0.4) is 0 Å². The van der Waals surface area contributed by atoms with Crippen molar-refractivity contribution in [1.82, 2.24) is 4.98 Å². The maximum atomic E-state index is 12.0. The van der Waals surface area contributed by atoms with E-state index in [1.54, 1.807) is 38.1 Å². The molecule has 1 aromatic carbocycles. The van der Waals surface area contributed by atoms with Crippen molar-refractivity contribution in [3.63, 3.8) is 0 Å². The molecule has 0 aliphatic rings. The number of rotatable bonds is 3. The quantitative estimate of drug-likeness (QED) is 0.914. The molecule has 0 atom stereocenters. The molecular formula is C14H13N3O2. The van der Waals surface area contributed by atoms with E-state index in [9.17, 15) is 4.79 Å². The van der Waals surface area contributed by atoms with Crippen molar-refractivity contribution in [3.05, 3.63) is 47.2 Å². The summed E-state index contributed by atoms with van der Waals surface area (Å²) in [4.78, 5) is 16.0. The van der Waals surface area contributed by atoms with Crippen LogP contribution >= 0.6 is 0 Å². The zero-order valence-corrected chi connectivity index (χ0v) is 10.7. The molecule has 1 aromatic heterocycles. The van der Waals surface area contributed by atoms with Crippen LogP contribution in [-0.2, 0) is 6.42 Å². The molecule has 0 unspecified atom stereocenters. The number of carbonyl (C=O) groups excluding carboxylic acids is 1. The van der Waals surface area contributed by atoms with Crippen molar-refractivity contribution in [2.45, 2.75) is 20.3 Å². The molecule has 0 aliphatic heterocycles. The second-order valence-corrected chi connectivity index (χ2v) is 4.13. The van der Waals surface area contributed by atoms with Crippen molar-refractivity contribution >= 4 is 11.6 Å². The standard InChI is InChI=1S/C14H13N3O2/c1-9-13(19-10(2)16-9)14(18)17-12-5-3-11(4-6-12)7-8-15/h3-6H,7H2,1-2H3,(H,17,18). The maximum absolute atomic E-state index is 12.0. The molecule has 0 saturated heterocycles. The molecule has 5 heteroatoms. The van der Waals surface area contributed by atoms with Crippen LogP contribution < -0.4 is 5.32 Å². The molecule has 96 valence electrons. The minimum absolute atomic E-state index is 0.221. The van der Waals surface area contributed by atoms with Gasteiger partial charge < -0.3 is 9.73 Å². The SMILES string of the molecule is Cc1nc(C)c(C(=O)Nc2ccc(CC#N)cc2)o1. The van der Waals surface area contributed by atoms with Gasteiger partial charge in [-0.05, 0) is 24.6 Å². The predicted octanol–water partition coefficient (Wildman–Crippen LogP) is 2.61. The molecule has 0 aliphatic carbocycles. The molecule has 2 rings (SSSR count). The van der Waals surface area contributed by atoms with E-state index in [1.165, 1.54) is 0 Å². The summed E-state index contributed by atoms with van der Waals surface area (Å²) in [7, 11) is 0. The lowest BCUT2D eigenvalue weighted by Gasteiger charge is -2.04. The summed E-state index contributed by atoms with van der Waals surface area (Å²) in [5.74, 6) is 0.358. The fourth-order valence-electron chi connectivity index (χ4n) is 1.73. The number of hydrogen-bond acceptors (Lipinski definition) is 4. The van der Waals surface area contributed by atoms with Gasteiger partial charge in [-0.25, -0.2) is 4.98 Å². The summed E-state index contributed by atoms with van der Waals surface area (Å²) in [6, 6.07) is 9.18. The number of anilines is 1. The van der Waals surface area contributed by atoms with Gasteiger partial charge >= 0.3 is 0 Å². The topological polar surface area (TPSA) is 78.9 Å². The Balaban J connectivity index is 2.11. The summed E-state index contributed by atoms with van der Waals surface area (Å²) >= 11 is 0. The van der Waals surface area contributed by atoms with Gasteiger partial charge in [-0.2, -0.15) is 5.26 Å². The normalized spacial score (nSPS) is 9.95. The first-order valence-corrected chi connectivity index (χ1v) is 5.81. The Bertz CT molecular complexity index is 636. The molecule has 1 amide bonds. The van der Waals surface area contributed by atoms with E-state index in [0.717, 1.165) is 5.56 Å². The van der Waals surface area contributed by atoms with Gasteiger partial charge in [0, 0.05) is 12.6 Å². The number of oxazole rings is 1. The largest absolute Gasteiger partial charge is 0.436 e. The van der Waals surface area contributed by atoms with Crippen LogP contribution in [0.25, 0.3) is 0 Å². The van der Waals surface area contributed by atoms with Crippen molar-refractivity contribution in [2.75, 3.05) is 5.32 Å². The molecule has 19 heavy (non-hydrogen) atoms. The van der Waals surface area contributed by atoms with E-state index in [0.29, 0.717) is 23.7 Å². The second-order valence-electron chi connectivity index (χ2n) is 4.13. The Hall–Kier alpha value is -2.61. The summed E-state index contributed by atoms with van der Waals surface area (Å²) in [6.07, 6.45) is 0.356. The molecule has 0 radical (unpaired) electrons. The van der Waals surface area contributed by atoms with Crippen LogP contribution in [0, 0.1) is 25.2 Å². The molecule has 2 aromatic rings. The van der Waals surface area contributed by atoms with Crippen molar-refractivity contribution < 1.29 is 9.21 Å². The van der Waals surface area contributed by atoms with E-state index in [4.69, 9.17) is 9.68 Å². The average molecular weight is 255 g/mol. The molecule has 0 bridgehead atoms. The highest BCUT2D eigenvalue weighted by Crippen LogP contribution is 2.14. The number of nitrogens with one attached hydrogen (secondary N) is 1. The highest BCUT2D eigenvalue weighted by atomic mass is 16.4. The predicted molar refractivity (Wildman–Crippen MR) is 69.7 cm³/mol. The summed E-state index contributed by atoms with van der Waals surface area (Å²) < 4.78 is 5.24. The Kier molecular flexibility index (Phi) is 3.62. The minimum atomic E-state index is -0.328. The number of carbonyl (C=O) groups is 1. The number of nitriles is 1. The van der Waals surface area contributed by atoms with Gasteiger partial charge in [0.15, 0.2) is 5.89 Å². The van der Waals surface area contributed by atoms with Gasteiger partial charge in [-0.3, -0.25) is 4.79 Å². The summed E-state index contributed by atoms with van der Waals surface area (Å²) in [6.45, 7) is 3.42. The van der Waals surface area contributed by atoms with Crippen LogP contribution in [0.2, 0.25) is 0 Å². The molecule has 0 spiro atoms. The molecule has 0 fully saturated rings. The Morgan fingerprint density at radius 1 is 1.37 bits per heavy atom. The minimum Gasteiger partial charge on any atom is -0.436 e. The zero-order chi connectivity index (χ0) is 13.8. The van der Waals surface area contributed by atoms with Crippen LogP contribution in [0.1, 0.15) is 27.7 Å². The molecular weight excluding hydrogens is 242 g/mol. The first kappa shape index (κ1) is 12.8. The first-order valence-electron chi connectivity index (χ1n) is 5.81. The lowest BCUT2D eigenvalue weighted by molar-refractivity contribution is 0.0994. The first-order chi connectivity index (χ1) is 9.10. The number of aryl methyl sites for hydroxylation is 2. The van der Waals surface area contributed by atoms with Gasteiger partial charge in [0.1, 0.15) is 0 Å². The van der Waals surface area contributed by atoms with Crippen molar-refractivity contribution in [1.29, 1.82) is 5.26 Å². The van der Waals surface area contributed by atoms with Crippen LogP contribution in [0.4, 0.5) is 5.69 Å². The number of nitrogens with zero attached hydrogens (tertiary/aromatic N) is 2.